The van der Waals surface area contributed by atoms with Gasteiger partial charge < -0.3 is 5.73 Å². The first-order chi connectivity index (χ1) is 10.5. The van der Waals surface area contributed by atoms with Crippen LogP contribution in [-0.2, 0) is 12.8 Å². The van der Waals surface area contributed by atoms with Crippen molar-refractivity contribution in [2.45, 2.75) is 26.2 Å². The molecule has 1 aromatic heterocycles. The Hall–Kier alpha value is -1.93. The predicted molar refractivity (Wildman–Crippen MR) is 87.6 cm³/mol. The second kappa shape index (κ2) is 5.69. The van der Waals surface area contributed by atoms with Crippen LogP contribution in [0.4, 0.5) is 10.2 Å². The van der Waals surface area contributed by atoms with Crippen LogP contribution in [0.25, 0.3) is 11.1 Å². The van der Waals surface area contributed by atoms with Crippen molar-refractivity contribution in [3.63, 3.8) is 0 Å². The number of nitrogens with zero attached hydrogens (tertiary/aromatic N) is 2. The Morgan fingerprint density at radius 2 is 2.23 bits per heavy atom. The van der Waals surface area contributed by atoms with Gasteiger partial charge in [-0.2, -0.15) is 5.26 Å². The average Bonchev–Trinajstić information content (AvgIpc) is 2.49. The maximum absolute atomic E-state index is 14.4. The molecule has 0 bridgehead atoms. The maximum Gasteiger partial charge on any atom is 0.142 e. The Bertz CT molecular complexity index is 795. The normalized spacial score (nSPS) is 16.9. The fourth-order valence-corrected chi connectivity index (χ4v) is 3.41. The quantitative estimate of drug-likeness (QED) is 0.828. The average molecular weight is 360 g/mol. The fourth-order valence-electron chi connectivity index (χ4n) is 3.05. The van der Waals surface area contributed by atoms with E-state index in [1.165, 1.54) is 6.07 Å². The van der Waals surface area contributed by atoms with E-state index in [-0.39, 0.29) is 17.2 Å². The summed E-state index contributed by atoms with van der Waals surface area (Å²) in [4.78, 5) is 4.38. The molecular weight excluding hydrogens is 345 g/mol. The molecule has 0 fully saturated rings. The van der Waals surface area contributed by atoms with E-state index in [1.807, 2.05) is 0 Å². The Morgan fingerprint density at radius 3 is 2.95 bits per heavy atom. The van der Waals surface area contributed by atoms with Gasteiger partial charge in [-0.25, -0.2) is 9.37 Å². The van der Waals surface area contributed by atoms with Crippen LogP contribution in [-0.4, -0.2) is 4.98 Å². The summed E-state index contributed by atoms with van der Waals surface area (Å²) in [7, 11) is 0. The fraction of sp³-hybridized carbons (Fsp3) is 0.294. The minimum Gasteiger partial charge on any atom is -0.383 e. The van der Waals surface area contributed by atoms with Crippen LogP contribution in [0, 0.1) is 23.1 Å². The van der Waals surface area contributed by atoms with Gasteiger partial charge in [-0.05, 0) is 48.9 Å². The lowest BCUT2D eigenvalue weighted by Gasteiger charge is -2.25. The van der Waals surface area contributed by atoms with Crippen LogP contribution in [0.3, 0.4) is 0 Å². The molecular formula is C17H15BrFN3. The number of nitriles is 1. The lowest BCUT2D eigenvalue weighted by Crippen LogP contribution is -2.17. The van der Waals surface area contributed by atoms with Gasteiger partial charge >= 0.3 is 0 Å². The molecule has 0 amide bonds. The summed E-state index contributed by atoms with van der Waals surface area (Å²) < 4.78 is 15.1. The zero-order valence-corrected chi connectivity index (χ0v) is 13.7. The first-order valence-electron chi connectivity index (χ1n) is 7.18. The van der Waals surface area contributed by atoms with Gasteiger partial charge in [-0.3, -0.25) is 0 Å². The van der Waals surface area contributed by atoms with Crippen molar-refractivity contribution in [1.82, 2.24) is 4.98 Å². The number of pyridine rings is 1. The van der Waals surface area contributed by atoms with Gasteiger partial charge in [0.15, 0.2) is 0 Å². The Kier molecular flexibility index (Phi) is 3.88. The summed E-state index contributed by atoms with van der Waals surface area (Å²) >= 11 is 3.37. The molecule has 1 unspecified atom stereocenters. The number of rotatable bonds is 1. The van der Waals surface area contributed by atoms with Crippen molar-refractivity contribution in [2.24, 2.45) is 5.92 Å². The van der Waals surface area contributed by atoms with E-state index in [0.717, 1.165) is 35.0 Å². The van der Waals surface area contributed by atoms with Crippen LogP contribution in [0.15, 0.2) is 22.7 Å². The van der Waals surface area contributed by atoms with Gasteiger partial charge in [0, 0.05) is 21.3 Å². The monoisotopic (exact) mass is 359 g/mol. The minimum absolute atomic E-state index is 0.185. The number of anilines is 1. The van der Waals surface area contributed by atoms with Crippen LogP contribution in [0.1, 0.15) is 30.2 Å². The first-order valence-corrected chi connectivity index (χ1v) is 7.97. The Balaban J connectivity index is 2.36. The molecule has 1 heterocycles. The molecule has 0 saturated heterocycles. The van der Waals surface area contributed by atoms with Gasteiger partial charge in [-0.15, -0.1) is 0 Å². The molecule has 0 spiro atoms. The van der Waals surface area contributed by atoms with Crippen molar-refractivity contribution < 1.29 is 4.39 Å². The molecule has 1 aliphatic rings. The number of hydrogen-bond donors (Lipinski definition) is 1. The SMILES string of the molecule is CC1CCc2nc(N)c(C#N)c(-c3cc(Br)ccc3F)c2C1. The number of halogens is 2. The van der Waals surface area contributed by atoms with Crippen molar-refractivity contribution >= 4 is 21.7 Å². The standard InChI is InChI=1S/C17H15BrFN3/c1-9-2-5-15-12(6-9)16(13(8-20)17(21)22-15)11-7-10(18)3-4-14(11)19/h3-4,7,9H,2,5-6H2,1H3,(H2,21,22). The zero-order chi connectivity index (χ0) is 15.9. The van der Waals surface area contributed by atoms with Crippen molar-refractivity contribution in [3.8, 4) is 17.2 Å². The molecule has 0 radical (unpaired) electrons. The number of benzene rings is 1. The molecule has 1 aliphatic carbocycles. The summed E-state index contributed by atoms with van der Waals surface area (Å²) in [5.41, 5.74) is 9.08. The Labute approximate surface area is 137 Å². The number of nitrogens with two attached hydrogens (primary N) is 1. The summed E-state index contributed by atoms with van der Waals surface area (Å²) in [6.07, 6.45) is 2.64. The minimum atomic E-state index is -0.356. The molecule has 3 rings (SSSR count). The van der Waals surface area contributed by atoms with Gasteiger partial charge in [0.1, 0.15) is 23.3 Å². The molecule has 1 atom stereocenters. The van der Waals surface area contributed by atoms with E-state index in [0.29, 0.717) is 17.0 Å². The summed E-state index contributed by atoms with van der Waals surface area (Å²) in [5.74, 6) is 0.314. The van der Waals surface area contributed by atoms with E-state index in [4.69, 9.17) is 5.73 Å². The third-order valence-electron chi connectivity index (χ3n) is 4.15. The lowest BCUT2D eigenvalue weighted by molar-refractivity contribution is 0.495. The van der Waals surface area contributed by atoms with Gasteiger partial charge in [0.2, 0.25) is 0 Å². The molecule has 3 nitrogen and oxygen atoms in total. The van der Waals surface area contributed by atoms with Crippen LogP contribution in [0.2, 0.25) is 0 Å². The highest BCUT2D eigenvalue weighted by molar-refractivity contribution is 9.10. The molecule has 0 aliphatic heterocycles. The van der Waals surface area contributed by atoms with Crippen LogP contribution >= 0.6 is 15.9 Å². The van der Waals surface area contributed by atoms with Crippen molar-refractivity contribution in [3.05, 3.63) is 45.3 Å². The third-order valence-corrected chi connectivity index (χ3v) is 4.64. The maximum atomic E-state index is 14.4. The number of aromatic nitrogens is 1. The zero-order valence-electron chi connectivity index (χ0n) is 12.2. The van der Waals surface area contributed by atoms with Gasteiger partial charge in [0.25, 0.3) is 0 Å². The topological polar surface area (TPSA) is 62.7 Å². The highest BCUT2D eigenvalue weighted by Gasteiger charge is 2.26. The molecule has 112 valence electrons. The first kappa shape index (κ1) is 15.0. The summed E-state index contributed by atoms with van der Waals surface area (Å²) in [5, 5.41) is 9.48. The lowest BCUT2D eigenvalue weighted by atomic mass is 9.82. The van der Waals surface area contributed by atoms with Gasteiger partial charge in [-0.1, -0.05) is 22.9 Å². The highest BCUT2D eigenvalue weighted by Crippen LogP contribution is 2.39. The number of hydrogen-bond acceptors (Lipinski definition) is 3. The van der Waals surface area contributed by atoms with Crippen molar-refractivity contribution in [2.75, 3.05) is 5.73 Å². The highest BCUT2D eigenvalue weighted by atomic mass is 79.9. The second-order valence-electron chi connectivity index (χ2n) is 5.76. The smallest absolute Gasteiger partial charge is 0.142 e. The third kappa shape index (κ3) is 2.48. The summed E-state index contributed by atoms with van der Waals surface area (Å²) in [6, 6.07) is 6.85. The van der Waals surface area contributed by atoms with E-state index in [1.54, 1.807) is 12.1 Å². The van der Waals surface area contributed by atoms with E-state index in [2.05, 4.69) is 33.9 Å². The van der Waals surface area contributed by atoms with Gasteiger partial charge in [0.05, 0.1) is 0 Å². The molecule has 2 aromatic rings. The molecule has 22 heavy (non-hydrogen) atoms. The van der Waals surface area contributed by atoms with E-state index >= 15 is 0 Å². The number of aryl methyl sites for hydroxylation is 1. The van der Waals surface area contributed by atoms with E-state index in [9.17, 15) is 9.65 Å². The van der Waals surface area contributed by atoms with Crippen LogP contribution < -0.4 is 5.73 Å². The molecule has 1 aromatic carbocycles. The second-order valence-corrected chi connectivity index (χ2v) is 6.67. The van der Waals surface area contributed by atoms with E-state index < -0.39 is 0 Å². The van der Waals surface area contributed by atoms with Crippen molar-refractivity contribution in [1.29, 1.82) is 5.26 Å². The van der Waals surface area contributed by atoms with Crippen LogP contribution in [0.5, 0.6) is 0 Å². The molecule has 0 saturated carbocycles. The Morgan fingerprint density at radius 1 is 1.45 bits per heavy atom. The number of nitrogen functional groups attached to an aromatic ring is 1. The number of fused-ring (bicyclic) bond motifs is 1. The molecule has 5 heteroatoms. The predicted octanol–water partition coefficient (Wildman–Crippen LogP) is 4.23. The largest absolute Gasteiger partial charge is 0.383 e. The molecule has 2 N–H and O–H groups in total. The summed E-state index contributed by atoms with van der Waals surface area (Å²) in [6.45, 7) is 2.16.